The molecule has 27 heavy (non-hydrogen) atoms. The Kier molecular flexibility index (Phi) is 6.36. The van der Waals surface area contributed by atoms with Crippen LogP contribution < -0.4 is 0 Å². The summed E-state index contributed by atoms with van der Waals surface area (Å²) in [5, 5.41) is 7.43. The van der Waals surface area contributed by atoms with Crippen LogP contribution in [0.1, 0.15) is 24.1 Å². The molecule has 2 aromatic carbocycles. The lowest BCUT2D eigenvalue weighted by Gasteiger charge is -2.16. The Bertz CT molecular complexity index is 859. The van der Waals surface area contributed by atoms with E-state index in [-0.39, 0.29) is 11.7 Å². The van der Waals surface area contributed by atoms with Gasteiger partial charge in [0.1, 0.15) is 5.82 Å². The van der Waals surface area contributed by atoms with Crippen molar-refractivity contribution in [2.24, 2.45) is 0 Å². The summed E-state index contributed by atoms with van der Waals surface area (Å²) in [7, 11) is 1.83. The number of nitrogens with zero attached hydrogens (tertiary/aromatic N) is 2. The maximum absolute atomic E-state index is 12.9. The number of nitrogens with one attached hydrogen (secondary N) is 1. The Balaban J connectivity index is 1.41. The van der Waals surface area contributed by atoms with Gasteiger partial charge in [0, 0.05) is 31.3 Å². The monoisotopic (exact) mass is 365 g/mol. The number of benzene rings is 2. The Morgan fingerprint density at radius 1 is 1.07 bits per heavy atom. The van der Waals surface area contributed by atoms with Crippen molar-refractivity contribution in [2.45, 2.75) is 25.7 Å². The van der Waals surface area contributed by atoms with E-state index in [1.807, 2.05) is 37.4 Å². The molecule has 1 heterocycles. The van der Waals surface area contributed by atoms with Crippen LogP contribution in [0.3, 0.4) is 0 Å². The number of halogens is 1. The summed E-state index contributed by atoms with van der Waals surface area (Å²) < 4.78 is 12.9. The molecule has 0 saturated heterocycles. The van der Waals surface area contributed by atoms with Gasteiger partial charge >= 0.3 is 0 Å². The van der Waals surface area contributed by atoms with E-state index >= 15 is 0 Å². The molecule has 0 spiro atoms. The summed E-state index contributed by atoms with van der Waals surface area (Å²) >= 11 is 0. The molecule has 0 aliphatic carbocycles. The fourth-order valence-corrected chi connectivity index (χ4v) is 2.97. The zero-order chi connectivity index (χ0) is 19.1. The van der Waals surface area contributed by atoms with E-state index in [2.05, 4.69) is 16.3 Å². The van der Waals surface area contributed by atoms with Gasteiger partial charge in [0.05, 0.1) is 5.69 Å². The van der Waals surface area contributed by atoms with E-state index in [1.165, 1.54) is 12.1 Å². The molecule has 0 atom stereocenters. The quantitative estimate of drug-likeness (QED) is 0.649. The number of rotatable bonds is 8. The lowest BCUT2D eigenvalue weighted by atomic mass is 10.1. The lowest BCUT2D eigenvalue weighted by molar-refractivity contribution is -0.129. The summed E-state index contributed by atoms with van der Waals surface area (Å²) in [4.78, 5) is 14.0. The highest BCUT2D eigenvalue weighted by atomic mass is 19.1. The van der Waals surface area contributed by atoms with Gasteiger partial charge in [0.15, 0.2) is 0 Å². The summed E-state index contributed by atoms with van der Waals surface area (Å²) in [5.41, 5.74) is 4.08. The van der Waals surface area contributed by atoms with Crippen LogP contribution >= 0.6 is 0 Å². The molecular formula is C22H24FN3O. The molecule has 5 heteroatoms. The van der Waals surface area contributed by atoms with Gasteiger partial charge in [-0.1, -0.05) is 42.5 Å². The Morgan fingerprint density at radius 3 is 2.56 bits per heavy atom. The number of hydrogen-bond acceptors (Lipinski definition) is 2. The third kappa shape index (κ3) is 5.51. The third-order valence-corrected chi connectivity index (χ3v) is 4.61. The number of carbonyl (C=O) groups excluding carboxylic acids is 1. The molecule has 0 fully saturated rings. The Labute approximate surface area is 159 Å². The second-order valence-corrected chi connectivity index (χ2v) is 6.69. The fourth-order valence-electron chi connectivity index (χ4n) is 2.97. The SMILES string of the molecule is CN(CCCc1cc(-c2ccccc2)n[nH]1)C(=O)CCc1ccc(F)cc1. The highest BCUT2D eigenvalue weighted by Crippen LogP contribution is 2.17. The molecule has 3 rings (SSSR count). The topological polar surface area (TPSA) is 49.0 Å². The van der Waals surface area contributed by atoms with Crippen molar-refractivity contribution >= 4 is 5.91 Å². The first-order valence-electron chi connectivity index (χ1n) is 9.20. The summed E-state index contributed by atoms with van der Waals surface area (Å²) in [6, 6.07) is 18.4. The number of amides is 1. The van der Waals surface area contributed by atoms with E-state index in [9.17, 15) is 9.18 Å². The predicted octanol–water partition coefficient (Wildman–Crippen LogP) is 4.24. The fraction of sp³-hybridized carbons (Fsp3) is 0.273. The van der Waals surface area contributed by atoms with Crippen LogP contribution in [0, 0.1) is 5.82 Å². The molecule has 0 saturated carbocycles. The van der Waals surface area contributed by atoms with E-state index in [0.717, 1.165) is 35.4 Å². The number of aryl methyl sites for hydroxylation is 2. The highest BCUT2D eigenvalue weighted by molar-refractivity contribution is 5.76. The zero-order valence-electron chi connectivity index (χ0n) is 15.5. The van der Waals surface area contributed by atoms with Crippen LogP contribution in [0.15, 0.2) is 60.7 Å². The van der Waals surface area contributed by atoms with Crippen molar-refractivity contribution in [2.75, 3.05) is 13.6 Å². The van der Waals surface area contributed by atoms with Crippen LogP contribution in [0.2, 0.25) is 0 Å². The molecule has 0 aliphatic heterocycles. The minimum absolute atomic E-state index is 0.105. The van der Waals surface area contributed by atoms with E-state index in [0.29, 0.717) is 19.4 Å². The van der Waals surface area contributed by atoms with Crippen molar-refractivity contribution < 1.29 is 9.18 Å². The average molecular weight is 365 g/mol. The first-order valence-corrected chi connectivity index (χ1v) is 9.20. The predicted molar refractivity (Wildman–Crippen MR) is 105 cm³/mol. The minimum atomic E-state index is -0.253. The Hall–Kier alpha value is -2.95. The molecule has 0 aliphatic rings. The van der Waals surface area contributed by atoms with Crippen LogP contribution in [-0.4, -0.2) is 34.6 Å². The second kappa shape index (κ2) is 9.12. The summed E-state index contributed by atoms with van der Waals surface area (Å²) in [6.45, 7) is 0.696. The van der Waals surface area contributed by atoms with E-state index < -0.39 is 0 Å². The molecular weight excluding hydrogens is 341 g/mol. The third-order valence-electron chi connectivity index (χ3n) is 4.61. The minimum Gasteiger partial charge on any atom is -0.346 e. The van der Waals surface area contributed by atoms with Gasteiger partial charge < -0.3 is 4.90 Å². The number of hydrogen-bond donors (Lipinski definition) is 1. The van der Waals surface area contributed by atoms with E-state index in [1.54, 1.807) is 17.0 Å². The van der Waals surface area contributed by atoms with Crippen LogP contribution in [0.4, 0.5) is 4.39 Å². The summed E-state index contributed by atoms with van der Waals surface area (Å²) in [5.74, 6) is -0.148. The summed E-state index contributed by atoms with van der Waals surface area (Å²) in [6.07, 6.45) is 2.78. The van der Waals surface area contributed by atoms with Crippen molar-refractivity contribution in [3.05, 3.63) is 77.7 Å². The van der Waals surface area contributed by atoms with E-state index in [4.69, 9.17) is 0 Å². The normalized spacial score (nSPS) is 10.7. The standard InChI is InChI=1S/C22H24FN3O/c1-26(22(27)14-11-17-9-12-19(23)13-10-17)15-5-8-20-16-21(25-24-20)18-6-3-2-4-7-18/h2-4,6-7,9-10,12-13,16H,5,8,11,14-15H2,1H3,(H,24,25). The second-order valence-electron chi connectivity index (χ2n) is 6.69. The lowest BCUT2D eigenvalue weighted by Crippen LogP contribution is -2.28. The van der Waals surface area contributed by atoms with Crippen molar-refractivity contribution in [1.29, 1.82) is 0 Å². The smallest absolute Gasteiger partial charge is 0.222 e. The van der Waals surface area contributed by atoms with Crippen molar-refractivity contribution in [3.8, 4) is 11.3 Å². The van der Waals surface area contributed by atoms with Gasteiger partial charge in [-0.05, 0) is 43.0 Å². The van der Waals surface area contributed by atoms with Gasteiger partial charge in [-0.25, -0.2) is 4.39 Å². The van der Waals surface area contributed by atoms with Crippen molar-refractivity contribution in [3.63, 3.8) is 0 Å². The van der Waals surface area contributed by atoms with Crippen molar-refractivity contribution in [1.82, 2.24) is 15.1 Å². The Morgan fingerprint density at radius 2 is 1.81 bits per heavy atom. The molecule has 1 aromatic heterocycles. The highest BCUT2D eigenvalue weighted by Gasteiger charge is 2.10. The van der Waals surface area contributed by atoms with Gasteiger partial charge in [-0.2, -0.15) is 5.10 Å². The van der Waals surface area contributed by atoms with Gasteiger partial charge in [0.25, 0.3) is 0 Å². The maximum Gasteiger partial charge on any atom is 0.222 e. The largest absolute Gasteiger partial charge is 0.346 e. The molecule has 1 N–H and O–H groups in total. The van der Waals surface area contributed by atoms with Gasteiger partial charge in [-0.3, -0.25) is 9.89 Å². The van der Waals surface area contributed by atoms with Gasteiger partial charge in [0.2, 0.25) is 5.91 Å². The number of carbonyl (C=O) groups is 1. The average Bonchev–Trinajstić information content (AvgIpc) is 3.17. The molecule has 0 radical (unpaired) electrons. The molecule has 0 unspecified atom stereocenters. The first-order chi connectivity index (χ1) is 13.1. The number of aromatic amines is 1. The number of H-pyrrole nitrogens is 1. The van der Waals surface area contributed by atoms with Crippen LogP contribution in [0.5, 0.6) is 0 Å². The molecule has 3 aromatic rings. The van der Waals surface area contributed by atoms with Crippen LogP contribution in [0.25, 0.3) is 11.3 Å². The van der Waals surface area contributed by atoms with Gasteiger partial charge in [-0.15, -0.1) is 0 Å². The zero-order valence-corrected chi connectivity index (χ0v) is 15.5. The maximum atomic E-state index is 12.9. The molecule has 4 nitrogen and oxygen atoms in total. The molecule has 1 amide bonds. The first kappa shape index (κ1) is 18.8. The molecule has 140 valence electrons. The van der Waals surface area contributed by atoms with Crippen LogP contribution in [-0.2, 0) is 17.6 Å². The molecule has 0 bridgehead atoms. The number of aromatic nitrogens is 2.